The van der Waals surface area contributed by atoms with Gasteiger partial charge in [-0.25, -0.2) is 4.39 Å². The van der Waals surface area contributed by atoms with Gasteiger partial charge in [-0.05, 0) is 37.8 Å². The molecular formula is C14H18FNO2. The molecule has 0 saturated carbocycles. The monoisotopic (exact) mass is 251 g/mol. The number of amides is 1. The van der Waals surface area contributed by atoms with Gasteiger partial charge in [-0.15, -0.1) is 0 Å². The molecule has 3 nitrogen and oxygen atoms in total. The van der Waals surface area contributed by atoms with E-state index in [1.165, 1.54) is 6.07 Å². The van der Waals surface area contributed by atoms with Crippen LogP contribution >= 0.6 is 0 Å². The summed E-state index contributed by atoms with van der Waals surface area (Å²) in [5, 5.41) is 2.80. The number of hydrogen-bond acceptors (Lipinski definition) is 2. The normalized spacial score (nSPS) is 16.6. The van der Waals surface area contributed by atoms with Crippen molar-refractivity contribution in [3.05, 3.63) is 35.1 Å². The highest BCUT2D eigenvalue weighted by Crippen LogP contribution is 2.14. The zero-order valence-corrected chi connectivity index (χ0v) is 10.5. The topological polar surface area (TPSA) is 38.3 Å². The molecule has 0 aromatic heterocycles. The Bertz CT molecular complexity index is 428. The van der Waals surface area contributed by atoms with E-state index in [2.05, 4.69) is 5.32 Å². The summed E-state index contributed by atoms with van der Waals surface area (Å²) in [7, 11) is 0. The van der Waals surface area contributed by atoms with E-state index in [-0.39, 0.29) is 11.5 Å². The lowest BCUT2D eigenvalue weighted by Gasteiger charge is -2.22. The van der Waals surface area contributed by atoms with Crippen molar-refractivity contribution < 1.29 is 13.9 Å². The molecule has 0 radical (unpaired) electrons. The molecule has 1 heterocycles. The van der Waals surface area contributed by atoms with Gasteiger partial charge in [0, 0.05) is 19.8 Å². The summed E-state index contributed by atoms with van der Waals surface area (Å²) in [4.78, 5) is 11.9. The number of nitrogens with one attached hydrogen (secondary N) is 1. The second kappa shape index (κ2) is 5.96. The molecule has 0 atom stereocenters. The summed E-state index contributed by atoms with van der Waals surface area (Å²) >= 11 is 0. The predicted molar refractivity (Wildman–Crippen MR) is 67.0 cm³/mol. The average molecular weight is 251 g/mol. The van der Waals surface area contributed by atoms with Crippen molar-refractivity contribution in [1.29, 1.82) is 0 Å². The van der Waals surface area contributed by atoms with Gasteiger partial charge in [0.1, 0.15) is 5.82 Å². The lowest BCUT2D eigenvalue weighted by Crippen LogP contribution is -2.32. The van der Waals surface area contributed by atoms with Crippen molar-refractivity contribution in [1.82, 2.24) is 5.32 Å². The van der Waals surface area contributed by atoms with Crippen LogP contribution in [-0.2, 0) is 4.74 Å². The van der Waals surface area contributed by atoms with Crippen LogP contribution in [0.2, 0.25) is 0 Å². The second-order valence-corrected chi connectivity index (χ2v) is 4.75. The molecular weight excluding hydrogens is 233 g/mol. The van der Waals surface area contributed by atoms with Gasteiger partial charge in [0.2, 0.25) is 0 Å². The summed E-state index contributed by atoms with van der Waals surface area (Å²) < 4.78 is 18.8. The molecule has 1 amide bonds. The van der Waals surface area contributed by atoms with Gasteiger partial charge in [-0.3, -0.25) is 4.79 Å². The number of hydrogen-bond donors (Lipinski definition) is 1. The summed E-state index contributed by atoms with van der Waals surface area (Å²) in [5.74, 6) is -0.358. The second-order valence-electron chi connectivity index (χ2n) is 4.75. The Hall–Kier alpha value is -1.42. The Morgan fingerprint density at radius 1 is 1.44 bits per heavy atom. The van der Waals surface area contributed by atoms with Crippen LogP contribution in [0.15, 0.2) is 18.2 Å². The lowest BCUT2D eigenvalue weighted by molar-refractivity contribution is 0.0642. The van der Waals surface area contributed by atoms with Gasteiger partial charge < -0.3 is 10.1 Å². The van der Waals surface area contributed by atoms with Gasteiger partial charge in [-0.1, -0.05) is 11.6 Å². The highest BCUT2D eigenvalue weighted by atomic mass is 19.1. The van der Waals surface area contributed by atoms with E-state index in [4.69, 9.17) is 4.74 Å². The van der Waals surface area contributed by atoms with Crippen molar-refractivity contribution in [2.45, 2.75) is 19.8 Å². The maximum Gasteiger partial charge on any atom is 0.254 e. The van der Waals surface area contributed by atoms with E-state index in [9.17, 15) is 9.18 Å². The first-order chi connectivity index (χ1) is 8.66. The Morgan fingerprint density at radius 3 is 2.89 bits per heavy atom. The lowest BCUT2D eigenvalue weighted by atomic mass is 10.0. The summed E-state index contributed by atoms with van der Waals surface area (Å²) in [5.41, 5.74) is 1.01. The number of carbonyl (C=O) groups is 1. The van der Waals surface area contributed by atoms with Gasteiger partial charge in [0.05, 0.1) is 5.56 Å². The summed E-state index contributed by atoms with van der Waals surface area (Å²) in [6.45, 7) is 3.93. The molecule has 1 aromatic carbocycles. The van der Waals surface area contributed by atoms with Crippen LogP contribution < -0.4 is 5.32 Å². The first-order valence-corrected chi connectivity index (χ1v) is 6.29. The van der Waals surface area contributed by atoms with E-state index >= 15 is 0 Å². The van der Waals surface area contributed by atoms with Gasteiger partial charge >= 0.3 is 0 Å². The van der Waals surface area contributed by atoms with Gasteiger partial charge in [0.25, 0.3) is 5.91 Å². The van der Waals surface area contributed by atoms with Crippen LogP contribution in [-0.4, -0.2) is 25.7 Å². The Morgan fingerprint density at radius 2 is 2.17 bits per heavy atom. The molecule has 1 N–H and O–H groups in total. The molecule has 0 aliphatic carbocycles. The maximum absolute atomic E-state index is 13.5. The minimum Gasteiger partial charge on any atom is -0.381 e. The summed E-state index contributed by atoms with van der Waals surface area (Å²) in [6.07, 6.45) is 1.91. The molecule has 0 unspecified atom stereocenters. The smallest absolute Gasteiger partial charge is 0.254 e. The molecule has 98 valence electrons. The van der Waals surface area contributed by atoms with Crippen molar-refractivity contribution >= 4 is 5.91 Å². The number of rotatable bonds is 3. The highest BCUT2D eigenvalue weighted by molar-refractivity contribution is 5.94. The van der Waals surface area contributed by atoms with Crippen LogP contribution in [0.25, 0.3) is 0 Å². The first-order valence-electron chi connectivity index (χ1n) is 6.29. The third-order valence-electron chi connectivity index (χ3n) is 3.26. The standard InChI is InChI=1S/C14H18FNO2/c1-10-2-3-13(15)12(8-10)14(17)16-9-11-4-6-18-7-5-11/h2-3,8,11H,4-7,9H2,1H3,(H,16,17). The molecule has 1 aliphatic rings. The Kier molecular flexibility index (Phi) is 4.31. The molecule has 0 bridgehead atoms. The van der Waals surface area contributed by atoms with Crippen molar-refractivity contribution in [3.63, 3.8) is 0 Å². The molecule has 1 saturated heterocycles. The SMILES string of the molecule is Cc1ccc(F)c(C(=O)NCC2CCOCC2)c1. The number of benzene rings is 1. The van der Waals surface area contributed by atoms with E-state index in [0.29, 0.717) is 12.5 Å². The minimum absolute atomic E-state index is 0.127. The third-order valence-corrected chi connectivity index (χ3v) is 3.26. The minimum atomic E-state index is -0.468. The van der Waals surface area contributed by atoms with Crippen LogP contribution in [0, 0.1) is 18.7 Å². The molecule has 1 fully saturated rings. The van der Waals surface area contributed by atoms with E-state index in [1.54, 1.807) is 12.1 Å². The van der Waals surface area contributed by atoms with Crippen LogP contribution in [0.4, 0.5) is 4.39 Å². The van der Waals surface area contributed by atoms with Gasteiger partial charge in [0.15, 0.2) is 0 Å². The van der Waals surface area contributed by atoms with Crippen molar-refractivity contribution in [3.8, 4) is 0 Å². The molecule has 18 heavy (non-hydrogen) atoms. The van der Waals surface area contributed by atoms with Crippen LogP contribution in [0.5, 0.6) is 0 Å². The fourth-order valence-corrected chi connectivity index (χ4v) is 2.10. The average Bonchev–Trinajstić information content (AvgIpc) is 2.40. The maximum atomic E-state index is 13.5. The van der Waals surface area contributed by atoms with E-state index in [1.807, 2.05) is 6.92 Å². The summed E-state index contributed by atoms with van der Waals surface area (Å²) in [6, 6.07) is 4.57. The van der Waals surface area contributed by atoms with Crippen LogP contribution in [0.1, 0.15) is 28.8 Å². The zero-order chi connectivity index (χ0) is 13.0. The Balaban J connectivity index is 1.92. The Labute approximate surface area is 106 Å². The predicted octanol–water partition coefficient (Wildman–Crippen LogP) is 2.29. The first kappa shape index (κ1) is 13.0. The number of aryl methyl sites for hydroxylation is 1. The molecule has 1 aromatic rings. The number of ether oxygens (including phenoxy) is 1. The van der Waals surface area contributed by atoms with Crippen LogP contribution in [0.3, 0.4) is 0 Å². The molecule has 1 aliphatic heterocycles. The fourth-order valence-electron chi connectivity index (χ4n) is 2.10. The van der Waals surface area contributed by atoms with Gasteiger partial charge in [-0.2, -0.15) is 0 Å². The van der Waals surface area contributed by atoms with E-state index < -0.39 is 5.82 Å². The van der Waals surface area contributed by atoms with Crippen molar-refractivity contribution in [2.75, 3.05) is 19.8 Å². The molecule has 4 heteroatoms. The van der Waals surface area contributed by atoms with Crippen molar-refractivity contribution in [2.24, 2.45) is 5.92 Å². The number of halogens is 1. The number of carbonyl (C=O) groups excluding carboxylic acids is 1. The fraction of sp³-hybridized carbons (Fsp3) is 0.500. The quantitative estimate of drug-likeness (QED) is 0.895. The highest BCUT2D eigenvalue weighted by Gasteiger charge is 2.16. The molecule has 2 rings (SSSR count). The zero-order valence-electron chi connectivity index (χ0n) is 10.5. The largest absolute Gasteiger partial charge is 0.381 e. The third kappa shape index (κ3) is 3.29. The van der Waals surface area contributed by atoms with E-state index in [0.717, 1.165) is 31.6 Å². The molecule has 0 spiro atoms.